The highest BCUT2D eigenvalue weighted by Gasteiger charge is 2.23. The average molecular weight is 408 g/mol. The van der Waals surface area contributed by atoms with E-state index in [0.717, 1.165) is 35.4 Å². The first kappa shape index (κ1) is 21.5. The van der Waals surface area contributed by atoms with Gasteiger partial charge in [-0.05, 0) is 56.7 Å². The van der Waals surface area contributed by atoms with Crippen LogP contribution in [-0.2, 0) is 24.3 Å². The van der Waals surface area contributed by atoms with Crippen LogP contribution in [0.1, 0.15) is 18.1 Å². The Balaban J connectivity index is 1.89. The van der Waals surface area contributed by atoms with Crippen LogP contribution < -0.4 is 10.0 Å². The molecule has 7 nitrogen and oxygen atoms in total. The number of ether oxygens (including phenoxy) is 1. The highest BCUT2D eigenvalue weighted by molar-refractivity contribution is 7.89. The number of carbonyl (C=O) groups is 2. The zero-order chi connectivity index (χ0) is 20.9. The van der Waals surface area contributed by atoms with E-state index in [1.54, 1.807) is 6.07 Å². The standard InChI is InChI=1S/C19H21FN2O5S/c1-12-4-9-17(13(2)10-12)21-18(23)11-27-19(24)14(3)22-28(25,26)16-7-5-15(20)6-8-16/h4-10,14,22H,11H2,1-3H3,(H,21,23)/t14-/m0/s1. The lowest BCUT2D eigenvalue weighted by molar-refractivity contribution is -0.148. The molecule has 2 aromatic carbocycles. The minimum Gasteiger partial charge on any atom is -0.454 e. The molecule has 2 N–H and O–H groups in total. The number of esters is 1. The van der Waals surface area contributed by atoms with Crippen LogP contribution in [0.2, 0.25) is 0 Å². The molecular formula is C19H21FN2O5S. The normalized spacial score (nSPS) is 12.3. The first-order valence-electron chi connectivity index (χ1n) is 8.40. The van der Waals surface area contributed by atoms with Gasteiger partial charge in [0.2, 0.25) is 10.0 Å². The monoisotopic (exact) mass is 408 g/mol. The summed E-state index contributed by atoms with van der Waals surface area (Å²) < 4.78 is 44.3. The summed E-state index contributed by atoms with van der Waals surface area (Å²) in [5.74, 6) is -2.04. The topological polar surface area (TPSA) is 102 Å². The molecule has 0 fully saturated rings. The SMILES string of the molecule is Cc1ccc(NC(=O)COC(=O)[C@H](C)NS(=O)(=O)c2ccc(F)cc2)c(C)c1. The minimum atomic E-state index is -4.04. The molecule has 2 aromatic rings. The first-order valence-corrected chi connectivity index (χ1v) is 9.88. The zero-order valence-corrected chi connectivity index (χ0v) is 16.5. The molecular weight excluding hydrogens is 387 g/mol. The van der Waals surface area contributed by atoms with Crippen molar-refractivity contribution in [2.24, 2.45) is 0 Å². The Morgan fingerprint density at radius 3 is 2.36 bits per heavy atom. The molecule has 0 aliphatic heterocycles. The van der Waals surface area contributed by atoms with Gasteiger partial charge in [-0.15, -0.1) is 0 Å². The minimum absolute atomic E-state index is 0.193. The Morgan fingerprint density at radius 2 is 1.75 bits per heavy atom. The Hall–Kier alpha value is -2.78. The van der Waals surface area contributed by atoms with Gasteiger partial charge in [-0.1, -0.05) is 17.7 Å². The third-order valence-corrected chi connectivity index (χ3v) is 5.37. The summed E-state index contributed by atoms with van der Waals surface area (Å²) in [5, 5.41) is 2.62. The lowest BCUT2D eigenvalue weighted by Gasteiger charge is -2.14. The van der Waals surface area contributed by atoms with Crippen molar-refractivity contribution >= 4 is 27.6 Å². The van der Waals surface area contributed by atoms with Crippen molar-refractivity contribution in [3.63, 3.8) is 0 Å². The Kier molecular flexibility index (Phi) is 6.87. The smallest absolute Gasteiger partial charge is 0.324 e. The number of hydrogen-bond donors (Lipinski definition) is 2. The molecule has 9 heteroatoms. The second-order valence-corrected chi connectivity index (χ2v) is 7.99. The quantitative estimate of drug-likeness (QED) is 0.685. The molecule has 0 aromatic heterocycles. The molecule has 0 aliphatic rings. The van der Waals surface area contributed by atoms with Gasteiger partial charge in [-0.2, -0.15) is 4.72 Å². The summed E-state index contributed by atoms with van der Waals surface area (Å²) in [7, 11) is -4.04. The molecule has 2 rings (SSSR count). The van der Waals surface area contributed by atoms with Crippen molar-refractivity contribution in [2.45, 2.75) is 31.7 Å². The summed E-state index contributed by atoms with van der Waals surface area (Å²) >= 11 is 0. The van der Waals surface area contributed by atoms with E-state index in [0.29, 0.717) is 5.69 Å². The molecule has 0 unspecified atom stereocenters. The van der Waals surface area contributed by atoms with Crippen LogP contribution in [0.25, 0.3) is 0 Å². The number of aryl methyl sites for hydroxylation is 2. The number of hydrogen-bond acceptors (Lipinski definition) is 5. The third kappa shape index (κ3) is 5.86. The van der Waals surface area contributed by atoms with Crippen LogP contribution >= 0.6 is 0 Å². The molecule has 0 bridgehead atoms. The fourth-order valence-electron chi connectivity index (χ4n) is 2.36. The number of rotatable bonds is 7. The third-order valence-electron chi connectivity index (χ3n) is 3.81. The van der Waals surface area contributed by atoms with Crippen molar-refractivity contribution in [3.05, 3.63) is 59.4 Å². The van der Waals surface area contributed by atoms with E-state index >= 15 is 0 Å². The summed E-state index contributed by atoms with van der Waals surface area (Å²) in [4.78, 5) is 23.7. The van der Waals surface area contributed by atoms with Crippen LogP contribution in [0.15, 0.2) is 47.4 Å². The van der Waals surface area contributed by atoms with Gasteiger partial charge < -0.3 is 10.1 Å². The number of halogens is 1. The Labute approximate surface area is 163 Å². The number of anilines is 1. The average Bonchev–Trinajstić information content (AvgIpc) is 2.62. The number of carbonyl (C=O) groups excluding carboxylic acids is 2. The lowest BCUT2D eigenvalue weighted by atomic mass is 10.1. The van der Waals surface area contributed by atoms with Crippen molar-refractivity contribution < 1.29 is 27.1 Å². The molecule has 0 radical (unpaired) electrons. The van der Waals surface area contributed by atoms with Gasteiger partial charge >= 0.3 is 5.97 Å². The number of benzene rings is 2. The first-order chi connectivity index (χ1) is 13.1. The van der Waals surface area contributed by atoms with Gasteiger partial charge in [0, 0.05) is 5.69 Å². The van der Waals surface area contributed by atoms with Crippen molar-refractivity contribution in [2.75, 3.05) is 11.9 Å². The highest BCUT2D eigenvalue weighted by atomic mass is 32.2. The number of nitrogens with one attached hydrogen (secondary N) is 2. The van der Waals surface area contributed by atoms with E-state index < -0.39 is 40.4 Å². The van der Waals surface area contributed by atoms with Crippen molar-refractivity contribution in [3.8, 4) is 0 Å². The molecule has 0 heterocycles. The maximum absolute atomic E-state index is 12.9. The van der Waals surface area contributed by atoms with E-state index in [4.69, 9.17) is 4.74 Å². The van der Waals surface area contributed by atoms with E-state index in [2.05, 4.69) is 10.0 Å². The number of amides is 1. The molecule has 1 atom stereocenters. The van der Waals surface area contributed by atoms with Crippen LogP contribution in [0.5, 0.6) is 0 Å². The molecule has 0 aliphatic carbocycles. The largest absolute Gasteiger partial charge is 0.454 e. The zero-order valence-electron chi connectivity index (χ0n) is 15.7. The molecule has 150 valence electrons. The van der Waals surface area contributed by atoms with Gasteiger partial charge in [0.1, 0.15) is 11.9 Å². The van der Waals surface area contributed by atoms with Crippen LogP contribution in [0.3, 0.4) is 0 Å². The predicted octanol–water partition coefficient (Wildman–Crippen LogP) is 2.29. The van der Waals surface area contributed by atoms with Gasteiger partial charge in [-0.3, -0.25) is 9.59 Å². The second kappa shape index (κ2) is 8.94. The summed E-state index contributed by atoms with van der Waals surface area (Å²) in [6.07, 6.45) is 0. The van der Waals surface area contributed by atoms with Gasteiger partial charge in [0.25, 0.3) is 5.91 Å². The van der Waals surface area contributed by atoms with Crippen molar-refractivity contribution in [1.29, 1.82) is 0 Å². The molecule has 28 heavy (non-hydrogen) atoms. The fraction of sp³-hybridized carbons (Fsp3) is 0.263. The number of sulfonamides is 1. The van der Waals surface area contributed by atoms with Crippen LogP contribution in [0, 0.1) is 19.7 Å². The van der Waals surface area contributed by atoms with E-state index in [-0.39, 0.29) is 4.90 Å². The maximum atomic E-state index is 12.9. The van der Waals surface area contributed by atoms with E-state index in [9.17, 15) is 22.4 Å². The fourth-order valence-corrected chi connectivity index (χ4v) is 3.56. The Morgan fingerprint density at radius 1 is 1.11 bits per heavy atom. The van der Waals surface area contributed by atoms with Crippen molar-refractivity contribution in [1.82, 2.24) is 4.72 Å². The van der Waals surface area contributed by atoms with Crippen LogP contribution in [0.4, 0.5) is 10.1 Å². The second-order valence-electron chi connectivity index (χ2n) is 6.27. The molecule has 0 saturated carbocycles. The highest BCUT2D eigenvalue weighted by Crippen LogP contribution is 2.16. The van der Waals surface area contributed by atoms with E-state index in [1.807, 2.05) is 26.0 Å². The summed E-state index contributed by atoms with van der Waals surface area (Å²) in [6, 6.07) is 8.38. The Bertz CT molecular complexity index is 974. The summed E-state index contributed by atoms with van der Waals surface area (Å²) in [5.41, 5.74) is 2.50. The van der Waals surface area contributed by atoms with Crippen LogP contribution in [-0.4, -0.2) is 32.9 Å². The summed E-state index contributed by atoms with van der Waals surface area (Å²) in [6.45, 7) is 4.48. The molecule has 1 amide bonds. The predicted molar refractivity (Wildman–Crippen MR) is 102 cm³/mol. The lowest BCUT2D eigenvalue weighted by Crippen LogP contribution is -2.40. The van der Waals surface area contributed by atoms with Gasteiger partial charge in [0.15, 0.2) is 6.61 Å². The van der Waals surface area contributed by atoms with Gasteiger partial charge in [-0.25, -0.2) is 12.8 Å². The van der Waals surface area contributed by atoms with E-state index in [1.165, 1.54) is 6.92 Å². The molecule has 0 spiro atoms. The molecule has 0 saturated heterocycles. The maximum Gasteiger partial charge on any atom is 0.324 e. The van der Waals surface area contributed by atoms with Gasteiger partial charge in [0.05, 0.1) is 4.90 Å².